The van der Waals surface area contributed by atoms with E-state index in [-0.39, 0.29) is 18.2 Å². The highest BCUT2D eigenvalue weighted by Crippen LogP contribution is 2.19. The zero-order chi connectivity index (χ0) is 17.7. The Balaban J connectivity index is 1.97. The van der Waals surface area contributed by atoms with E-state index in [1.807, 2.05) is 13.8 Å². The van der Waals surface area contributed by atoms with Gasteiger partial charge in [0.1, 0.15) is 9.88 Å². The van der Waals surface area contributed by atoms with Crippen molar-refractivity contribution in [1.82, 2.24) is 10.3 Å². The molecule has 0 aliphatic heterocycles. The molecule has 1 aromatic carbocycles. The highest BCUT2D eigenvalue weighted by Gasteiger charge is 2.17. The number of aromatic nitrogens is 1. The third kappa shape index (κ3) is 5.32. The first-order chi connectivity index (χ1) is 11.3. The van der Waals surface area contributed by atoms with Crippen LogP contribution < -0.4 is 10.6 Å². The molecular formula is C17H20ClN3O2S. The predicted octanol–water partition coefficient (Wildman–Crippen LogP) is 3.67. The number of hydrogen-bond acceptors (Lipinski definition) is 4. The van der Waals surface area contributed by atoms with E-state index in [9.17, 15) is 9.59 Å². The van der Waals surface area contributed by atoms with Gasteiger partial charge < -0.3 is 10.6 Å². The zero-order valence-electron chi connectivity index (χ0n) is 13.9. The van der Waals surface area contributed by atoms with Crippen LogP contribution in [0.2, 0.25) is 5.02 Å². The van der Waals surface area contributed by atoms with Gasteiger partial charge in [0, 0.05) is 17.3 Å². The third-order valence-electron chi connectivity index (χ3n) is 3.16. The lowest BCUT2D eigenvalue weighted by molar-refractivity contribution is -0.115. The molecule has 2 amide bonds. The number of halogens is 1. The number of nitrogens with one attached hydrogen (secondary N) is 2. The summed E-state index contributed by atoms with van der Waals surface area (Å²) in [6, 6.07) is 6.89. The van der Waals surface area contributed by atoms with Crippen LogP contribution in [-0.2, 0) is 11.2 Å². The summed E-state index contributed by atoms with van der Waals surface area (Å²) in [5.41, 5.74) is 1.32. The molecule has 2 aromatic rings. The maximum Gasteiger partial charge on any atom is 0.263 e. The van der Waals surface area contributed by atoms with Crippen LogP contribution in [-0.4, -0.2) is 23.3 Å². The van der Waals surface area contributed by atoms with E-state index in [1.165, 1.54) is 11.3 Å². The van der Waals surface area contributed by atoms with Gasteiger partial charge in [-0.15, -0.1) is 11.3 Å². The van der Waals surface area contributed by atoms with Crippen molar-refractivity contribution in [2.24, 2.45) is 5.92 Å². The van der Waals surface area contributed by atoms with Gasteiger partial charge >= 0.3 is 0 Å². The minimum absolute atomic E-state index is 0.131. The van der Waals surface area contributed by atoms with E-state index < -0.39 is 0 Å². The quantitative estimate of drug-likeness (QED) is 0.820. The van der Waals surface area contributed by atoms with E-state index in [2.05, 4.69) is 15.6 Å². The standard InChI is InChI=1S/C17H20ClN3O2S/c1-10(2)9-19-17(23)16-11(3)20-15(24-16)8-14(22)21-13-6-4-12(18)5-7-13/h4-7,10H,8-9H2,1-3H3,(H,19,23)(H,21,22). The summed E-state index contributed by atoms with van der Waals surface area (Å²) in [6.07, 6.45) is 0.131. The molecule has 24 heavy (non-hydrogen) atoms. The Kier molecular flexibility index (Phi) is 6.34. The number of thiazole rings is 1. The van der Waals surface area contributed by atoms with Gasteiger partial charge in [0.25, 0.3) is 5.91 Å². The van der Waals surface area contributed by atoms with Crippen LogP contribution in [0.4, 0.5) is 5.69 Å². The molecule has 0 saturated heterocycles. The minimum atomic E-state index is -0.180. The first-order valence-electron chi connectivity index (χ1n) is 7.65. The van der Waals surface area contributed by atoms with Gasteiger partial charge in [0.05, 0.1) is 12.1 Å². The van der Waals surface area contributed by atoms with Crippen molar-refractivity contribution in [3.63, 3.8) is 0 Å². The fourth-order valence-corrected chi connectivity index (χ4v) is 3.10. The molecule has 0 fully saturated rings. The van der Waals surface area contributed by atoms with Crippen molar-refractivity contribution >= 4 is 40.4 Å². The second-order valence-electron chi connectivity index (χ2n) is 5.86. The van der Waals surface area contributed by atoms with Crippen molar-refractivity contribution in [1.29, 1.82) is 0 Å². The number of hydrogen-bond donors (Lipinski definition) is 2. The molecule has 0 aliphatic rings. The van der Waals surface area contributed by atoms with Gasteiger partial charge in [-0.05, 0) is 37.1 Å². The summed E-state index contributed by atoms with van der Waals surface area (Å²) in [6.45, 7) is 6.46. The molecule has 0 radical (unpaired) electrons. The molecule has 2 rings (SSSR count). The Bertz CT molecular complexity index is 726. The van der Waals surface area contributed by atoms with Crippen molar-refractivity contribution in [2.75, 3.05) is 11.9 Å². The molecule has 0 unspecified atom stereocenters. The van der Waals surface area contributed by atoms with Crippen molar-refractivity contribution in [3.05, 3.63) is 44.9 Å². The molecule has 1 heterocycles. The molecule has 1 aromatic heterocycles. The molecule has 128 valence electrons. The van der Waals surface area contributed by atoms with Crippen LogP contribution in [0.25, 0.3) is 0 Å². The highest BCUT2D eigenvalue weighted by molar-refractivity contribution is 7.13. The Morgan fingerprint density at radius 3 is 2.54 bits per heavy atom. The number of rotatable bonds is 6. The Hall–Kier alpha value is -1.92. The average molecular weight is 366 g/mol. The monoisotopic (exact) mass is 365 g/mol. The van der Waals surface area contributed by atoms with Gasteiger partial charge in [-0.3, -0.25) is 9.59 Å². The summed E-state index contributed by atoms with van der Waals surface area (Å²) < 4.78 is 0. The van der Waals surface area contributed by atoms with Crippen LogP contribution in [0.5, 0.6) is 0 Å². The van der Waals surface area contributed by atoms with E-state index in [0.29, 0.717) is 38.8 Å². The number of nitrogens with zero attached hydrogens (tertiary/aromatic N) is 1. The minimum Gasteiger partial charge on any atom is -0.351 e. The lowest BCUT2D eigenvalue weighted by Gasteiger charge is -2.06. The molecule has 0 atom stereocenters. The molecule has 0 bridgehead atoms. The Morgan fingerprint density at radius 1 is 1.25 bits per heavy atom. The molecule has 0 aliphatic carbocycles. The lowest BCUT2D eigenvalue weighted by Crippen LogP contribution is -2.27. The van der Waals surface area contributed by atoms with Gasteiger partial charge in [0.15, 0.2) is 0 Å². The SMILES string of the molecule is Cc1nc(CC(=O)Nc2ccc(Cl)cc2)sc1C(=O)NCC(C)C. The van der Waals surface area contributed by atoms with Crippen LogP contribution in [0, 0.1) is 12.8 Å². The molecule has 5 nitrogen and oxygen atoms in total. The number of aryl methyl sites for hydroxylation is 1. The van der Waals surface area contributed by atoms with Crippen LogP contribution in [0.3, 0.4) is 0 Å². The van der Waals surface area contributed by atoms with E-state index >= 15 is 0 Å². The largest absolute Gasteiger partial charge is 0.351 e. The maximum absolute atomic E-state index is 12.1. The molecular weight excluding hydrogens is 346 g/mol. The van der Waals surface area contributed by atoms with Gasteiger partial charge in [-0.2, -0.15) is 0 Å². The number of anilines is 1. The molecule has 7 heteroatoms. The number of benzene rings is 1. The van der Waals surface area contributed by atoms with Gasteiger partial charge in [-0.25, -0.2) is 4.98 Å². The van der Waals surface area contributed by atoms with E-state index in [0.717, 1.165) is 0 Å². The topological polar surface area (TPSA) is 71.1 Å². The number of amides is 2. The predicted molar refractivity (Wildman–Crippen MR) is 97.8 cm³/mol. The maximum atomic E-state index is 12.1. The molecule has 0 saturated carbocycles. The smallest absolute Gasteiger partial charge is 0.263 e. The second kappa shape index (κ2) is 8.26. The number of carbonyl (C=O) groups is 2. The summed E-state index contributed by atoms with van der Waals surface area (Å²) in [7, 11) is 0. The van der Waals surface area contributed by atoms with Crippen molar-refractivity contribution in [2.45, 2.75) is 27.2 Å². The number of carbonyl (C=O) groups excluding carboxylic acids is 2. The molecule has 2 N–H and O–H groups in total. The second-order valence-corrected chi connectivity index (χ2v) is 7.38. The first kappa shape index (κ1) is 18.4. The average Bonchev–Trinajstić information content (AvgIpc) is 2.87. The first-order valence-corrected chi connectivity index (χ1v) is 8.84. The van der Waals surface area contributed by atoms with Crippen LogP contribution in [0.1, 0.15) is 34.2 Å². The summed E-state index contributed by atoms with van der Waals surface area (Å²) >= 11 is 7.07. The van der Waals surface area contributed by atoms with Crippen molar-refractivity contribution < 1.29 is 9.59 Å². The van der Waals surface area contributed by atoms with E-state index in [1.54, 1.807) is 31.2 Å². The van der Waals surface area contributed by atoms with Crippen LogP contribution in [0.15, 0.2) is 24.3 Å². The fraction of sp³-hybridized carbons (Fsp3) is 0.353. The van der Waals surface area contributed by atoms with E-state index in [4.69, 9.17) is 11.6 Å². The summed E-state index contributed by atoms with van der Waals surface area (Å²) in [5, 5.41) is 6.88. The highest BCUT2D eigenvalue weighted by atomic mass is 35.5. The Morgan fingerprint density at radius 2 is 1.92 bits per heavy atom. The van der Waals surface area contributed by atoms with Crippen LogP contribution >= 0.6 is 22.9 Å². The lowest BCUT2D eigenvalue weighted by atomic mass is 10.2. The van der Waals surface area contributed by atoms with Gasteiger partial charge in [0.2, 0.25) is 5.91 Å². The molecule has 0 spiro atoms. The fourth-order valence-electron chi connectivity index (χ4n) is 1.99. The summed E-state index contributed by atoms with van der Waals surface area (Å²) in [4.78, 5) is 29.1. The van der Waals surface area contributed by atoms with Crippen molar-refractivity contribution in [3.8, 4) is 0 Å². The van der Waals surface area contributed by atoms with Gasteiger partial charge in [-0.1, -0.05) is 25.4 Å². The zero-order valence-corrected chi connectivity index (χ0v) is 15.4. The summed E-state index contributed by atoms with van der Waals surface area (Å²) in [5.74, 6) is 0.0649. The third-order valence-corrected chi connectivity index (χ3v) is 4.57. The Labute approximate surface area is 150 Å². The normalized spacial score (nSPS) is 10.7.